The second-order valence-corrected chi connectivity index (χ2v) is 6.29. The molecule has 0 aromatic heterocycles. The van der Waals surface area contributed by atoms with E-state index in [0.717, 1.165) is 11.0 Å². The molecule has 0 spiro atoms. The van der Waals surface area contributed by atoms with Gasteiger partial charge in [0.1, 0.15) is 0 Å². The van der Waals surface area contributed by atoms with Crippen molar-refractivity contribution in [1.82, 2.24) is 10.2 Å². The Morgan fingerprint density at radius 3 is 2.73 bits per heavy atom. The van der Waals surface area contributed by atoms with Gasteiger partial charge in [0.25, 0.3) is 5.91 Å². The number of allylic oxidation sites excluding steroid dienone is 1. The first-order valence-corrected chi connectivity index (χ1v) is 7.81. The molecular formula is C16H25N4O2+. The van der Waals surface area contributed by atoms with Crippen molar-refractivity contribution < 1.29 is 9.28 Å². The summed E-state index contributed by atoms with van der Waals surface area (Å²) in [4.78, 5) is 24.2. The average molecular weight is 305 g/mol. The Morgan fingerprint density at radius 2 is 2.09 bits per heavy atom. The standard InChI is InChI=1S/C16H24N4O2/c1-19-13-14(6-7-15(19)12-18-22)16(21)17-8-11-20(2)9-4-3-5-10-20/h6-7,12-13H,3-5,8-11H2,1-2H3/p+1/b15-12+. The van der Waals surface area contributed by atoms with Gasteiger partial charge in [0.15, 0.2) is 0 Å². The van der Waals surface area contributed by atoms with Crippen LogP contribution < -0.4 is 5.32 Å². The lowest BCUT2D eigenvalue weighted by molar-refractivity contribution is -0.912. The van der Waals surface area contributed by atoms with Crippen molar-refractivity contribution >= 4 is 5.91 Å². The lowest BCUT2D eigenvalue weighted by atomic mass is 10.1. The molecule has 0 radical (unpaired) electrons. The molecule has 1 saturated heterocycles. The van der Waals surface area contributed by atoms with Gasteiger partial charge in [-0.3, -0.25) is 4.79 Å². The van der Waals surface area contributed by atoms with Gasteiger partial charge >= 0.3 is 0 Å². The molecule has 1 amide bonds. The quantitative estimate of drug-likeness (QED) is 0.621. The third-order valence-electron chi connectivity index (χ3n) is 4.45. The van der Waals surface area contributed by atoms with Crippen LogP contribution in [0.3, 0.4) is 0 Å². The van der Waals surface area contributed by atoms with E-state index in [1.807, 2.05) is 0 Å². The molecule has 2 heterocycles. The van der Waals surface area contributed by atoms with Crippen molar-refractivity contribution in [3.8, 4) is 0 Å². The first-order chi connectivity index (χ1) is 10.5. The van der Waals surface area contributed by atoms with Crippen LogP contribution in [0.5, 0.6) is 0 Å². The number of nitroso groups, excluding NO2 is 1. The van der Waals surface area contributed by atoms with Gasteiger partial charge < -0.3 is 14.7 Å². The Bertz CT molecular complexity index is 516. The van der Waals surface area contributed by atoms with Crippen molar-refractivity contribution in [2.24, 2.45) is 5.18 Å². The number of quaternary nitrogens is 1. The summed E-state index contributed by atoms with van der Waals surface area (Å²) >= 11 is 0. The predicted octanol–water partition coefficient (Wildman–Crippen LogP) is 1.73. The molecule has 0 saturated carbocycles. The Labute approximate surface area is 131 Å². The summed E-state index contributed by atoms with van der Waals surface area (Å²) in [5.74, 6) is -0.0789. The van der Waals surface area contributed by atoms with Gasteiger partial charge in [-0.1, -0.05) is 0 Å². The molecule has 0 unspecified atom stereocenters. The van der Waals surface area contributed by atoms with E-state index in [4.69, 9.17) is 0 Å². The highest BCUT2D eigenvalue weighted by Crippen LogP contribution is 2.16. The zero-order chi connectivity index (χ0) is 16.0. The monoisotopic (exact) mass is 305 g/mol. The van der Waals surface area contributed by atoms with Crippen LogP contribution in [0, 0.1) is 4.91 Å². The Kier molecular flexibility index (Phi) is 5.49. The third-order valence-corrected chi connectivity index (χ3v) is 4.45. The second kappa shape index (κ2) is 7.35. The minimum absolute atomic E-state index is 0.0789. The zero-order valence-corrected chi connectivity index (χ0v) is 13.4. The number of likely N-dealkylation sites (N-methyl/N-ethyl adjacent to an activating group) is 2. The van der Waals surface area contributed by atoms with E-state index in [2.05, 4.69) is 17.5 Å². The number of carbonyl (C=O) groups excluding carboxylic acids is 1. The molecule has 2 rings (SSSR count). The Morgan fingerprint density at radius 1 is 1.36 bits per heavy atom. The van der Waals surface area contributed by atoms with Crippen molar-refractivity contribution in [2.75, 3.05) is 40.3 Å². The summed E-state index contributed by atoms with van der Waals surface area (Å²) in [6.45, 7) is 4.06. The van der Waals surface area contributed by atoms with E-state index in [1.165, 1.54) is 38.6 Å². The van der Waals surface area contributed by atoms with Gasteiger partial charge in [-0.2, -0.15) is 0 Å². The first-order valence-electron chi connectivity index (χ1n) is 7.81. The Balaban J connectivity index is 1.83. The molecule has 120 valence electrons. The third kappa shape index (κ3) is 4.27. The maximum absolute atomic E-state index is 12.2. The van der Waals surface area contributed by atoms with Crippen LogP contribution >= 0.6 is 0 Å². The molecule has 2 aliphatic rings. The van der Waals surface area contributed by atoms with Crippen LogP contribution in [0.25, 0.3) is 0 Å². The smallest absolute Gasteiger partial charge is 0.252 e. The summed E-state index contributed by atoms with van der Waals surface area (Å²) in [6.07, 6.45) is 10.3. The molecule has 0 aliphatic carbocycles. The lowest BCUT2D eigenvalue weighted by Gasteiger charge is -2.37. The average Bonchev–Trinajstić information content (AvgIpc) is 2.50. The largest absolute Gasteiger partial charge is 0.349 e. The molecule has 0 aromatic carbocycles. The molecule has 1 N–H and O–H groups in total. The highest BCUT2D eigenvalue weighted by atomic mass is 16.2. The minimum atomic E-state index is -0.0789. The van der Waals surface area contributed by atoms with Gasteiger partial charge in [-0.15, -0.1) is 4.91 Å². The first kappa shape index (κ1) is 16.4. The van der Waals surface area contributed by atoms with Gasteiger partial charge in [-0.25, -0.2) is 0 Å². The van der Waals surface area contributed by atoms with Crippen LogP contribution in [0.15, 0.2) is 41.0 Å². The number of hydrogen-bond donors (Lipinski definition) is 1. The van der Waals surface area contributed by atoms with E-state index in [1.54, 1.807) is 30.3 Å². The normalized spacial score (nSPS) is 22.4. The van der Waals surface area contributed by atoms with Crippen molar-refractivity contribution in [3.05, 3.63) is 40.7 Å². The molecular weight excluding hydrogens is 280 g/mol. The van der Waals surface area contributed by atoms with E-state index >= 15 is 0 Å². The fraction of sp³-hybridized carbons (Fsp3) is 0.562. The molecule has 1 fully saturated rings. The van der Waals surface area contributed by atoms with Crippen molar-refractivity contribution in [3.63, 3.8) is 0 Å². The highest BCUT2D eigenvalue weighted by molar-refractivity contribution is 5.96. The van der Waals surface area contributed by atoms with Crippen LogP contribution in [-0.2, 0) is 4.79 Å². The van der Waals surface area contributed by atoms with E-state index < -0.39 is 0 Å². The lowest BCUT2D eigenvalue weighted by Crippen LogP contribution is -2.51. The second-order valence-electron chi connectivity index (χ2n) is 6.29. The Hall–Kier alpha value is -1.95. The highest BCUT2D eigenvalue weighted by Gasteiger charge is 2.24. The van der Waals surface area contributed by atoms with E-state index in [-0.39, 0.29) is 5.91 Å². The maximum atomic E-state index is 12.2. The number of hydrogen-bond acceptors (Lipinski definition) is 4. The molecule has 0 atom stereocenters. The predicted molar refractivity (Wildman–Crippen MR) is 86.5 cm³/mol. The summed E-state index contributed by atoms with van der Waals surface area (Å²) in [5.41, 5.74) is 1.25. The van der Waals surface area contributed by atoms with Crippen molar-refractivity contribution in [2.45, 2.75) is 19.3 Å². The van der Waals surface area contributed by atoms with Gasteiger partial charge in [-0.05, 0) is 36.6 Å². The maximum Gasteiger partial charge on any atom is 0.252 e. The number of carbonyl (C=O) groups is 1. The van der Waals surface area contributed by atoms with Gasteiger partial charge in [0.2, 0.25) is 0 Å². The molecule has 6 nitrogen and oxygen atoms in total. The summed E-state index contributed by atoms with van der Waals surface area (Å²) in [5, 5.41) is 5.74. The van der Waals surface area contributed by atoms with E-state index in [0.29, 0.717) is 17.8 Å². The van der Waals surface area contributed by atoms with Gasteiger partial charge in [0, 0.05) is 13.2 Å². The van der Waals surface area contributed by atoms with Crippen LogP contribution in [0.1, 0.15) is 19.3 Å². The molecule has 6 heteroatoms. The SMILES string of the molecule is CN1C=C(C(=O)NCC[N+]2(C)CCCCC2)C=C/C1=C\N=O. The number of nitrogens with one attached hydrogen (secondary N) is 1. The number of rotatable bonds is 5. The summed E-state index contributed by atoms with van der Waals surface area (Å²) in [7, 11) is 4.05. The zero-order valence-electron chi connectivity index (χ0n) is 13.4. The van der Waals surface area contributed by atoms with Crippen LogP contribution in [0.4, 0.5) is 0 Å². The summed E-state index contributed by atoms with van der Waals surface area (Å²) in [6, 6.07) is 0. The fourth-order valence-corrected chi connectivity index (χ4v) is 2.98. The van der Waals surface area contributed by atoms with Crippen molar-refractivity contribution in [1.29, 1.82) is 0 Å². The fourth-order valence-electron chi connectivity index (χ4n) is 2.98. The number of piperidine rings is 1. The van der Waals surface area contributed by atoms with Crippen LogP contribution in [0.2, 0.25) is 0 Å². The molecule has 2 aliphatic heterocycles. The minimum Gasteiger partial charge on any atom is -0.349 e. The molecule has 22 heavy (non-hydrogen) atoms. The molecule has 0 bridgehead atoms. The summed E-state index contributed by atoms with van der Waals surface area (Å²) < 4.78 is 1.05. The number of nitrogens with zero attached hydrogens (tertiary/aromatic N) is 3. The van der Waals surface area contributed by atoms with Crippen LogP contribution in [-0.4, -0.2) is 55.6 Å². The topological polar surface area (TPSA) is 61.8 Å². The number of likely N-dealkylation sites (tertiary alicyclic amines) is 1. The molecule has 0 aromatic rings. The van der Waals surface area contributed by atoms with Gasteiger partial charge in [0.05, 0.1) is 50.7 Å². The number of amides is 1. The van der Waals surface area contributed by atoms with E-state index in [9.17, 15) is 9.70 Å².